The van der Waals surface area contributed by atoms with Crippen LogP contribution in [-0.4, -0.2) is 19.5 Å². The number of nitrogens with zero attached hydrogens (tertiary/aromatic N) is 4. The van der Waals surface area contributed by atoms with Crippen molar-refractivity contribution in [2.75, 3.05) is 0 Å². The first kappa shape index (κ1) is 10.4. The minimum Gasteiger partial charge on any atom is -0.326 e. The van der Waals surface area contributed by atoms with Gasteiger partial charge in [-0.3, -0.25) is 4.57 Å². The molecule has 2 aromatic heterocycles. The van der Waals surface area contributed by atoms with Crippen LogP contribution >= 0.6 is 0 Å². The van der Waals surface area contributed by atoms with Crippen LogP contribution in [0, 0.1) is 0 Å². The molecule has 0 radical (unpaired) electrons. The Hall–Kier alpha value is -1.75. The van der Waals surface area contributed by atoms with Gasteiger partial charge >= 0.3 is 0 Å². The lowest BCUT2D eigenvalue weighted by atomic mass is 10.0. The third kappa shape index (κ3) is 1.82. The van der Waals surface area contributed by atoms with Gasteiger partial charge in [-0.15, -0.1) is 0 Å². The normalized spacial score (nSPS) is 14.6. The summed E-state index contributed by atoms with van der Waals surface area (Å²) in [6.07, 6.45) is 9.97. The van der Waals surface area contributed by atoms with E-state index in [1.54, 1.807) is 12.4 Å². The van der Waals surface area contributed by atoms with Crippen molar-refractivity contribution < 1.29 is 0 Å². The first-order valence-electron chi connectivity index (χ1n) is 5.95. The van der Waals surface area contributed by atoms with Crippen LogP contribution in [0.2, 0.25) is 0 Å². The van der Waals surface area contributed by atoms with Gasteiger partial charge in [-0.05, 0) is 25.7 Å². The maximum Gasteiger partial charge on any atom is 0.235 e. The highest BCUT2D eigenvalue weighted by atomic mass is 15.2. The third-order valence-electron chi connectivity index (χ3n) is 3.17. The molecule has 0 aliphatic heterocycles. The van der Waals surface area contributed by atoms with Crippen LogP contribution in [0.25, 0.3) is 5.95 Å². The van der Waals surface area contributed by atoms with Crippen molar-refractivity contribution in [3.05, 3.63) is 35.7 Å². The highest BCUT2D eigenvalue weighted by Gasteiger charge is 2.16. The van der Waals surface area contributed by atoms with Crippen LogP contribution in [0.15, 0.2) is 18.7 Å². The lowest BCUT2D eigenvalue weighted by Gasteiger charge is -2.12. The standard InChI is InChI=1S/C12H15N5/c13-5-9-6-14-12(15-7-9)17-8-16-10-3-1-2-4-11(10)17/h6-8H,1-5,13H2. The Labute approximate surface area is 99.7 Å². The molecule has 5 heteroatoms. The molecule has 0 unspecified atom stereocenters. The summed E-state index contributed by atoms with van der Waals surface area (Å²) in [5.41, 5.74) is 8.94. The minimum absolute atomic E-state index is 0.475. The number of fused-ring (bicyclic) bond motifs is 1. The molecule has 1 aliphatic rings. The van der Waals surface area contributed by atoms with E-state index in [1.165, 1.54) is 24.2 Å². The fourth-order valence-electron chi connectivity index (χ4n) is 2.22. The van der Waals surface area contributed by atoms with E-state index in [4.69, 9.17) is 5.73 Å². The molecule has 0 bridgehead atoms. The molecule has 0 amide bonds. The third-order valence-corrected chi connectivity index (χ3v) is 3.17. The summed E-state index contributed by atoms with van der Waals surface area (Å²) in [5.74, 6) is 0.692. The summed E-state index contributed by atoms with van der Waals surface area (Å²) in [5, 5.41) is 0. The molecule has 88 valence electrons. The van der Waals surface area contributed by atoms with Crippen molar-refractivity contribution in [2.45, 2.75) is 32.2 Å². The Bertz CT molecular complexity index is 514. The predicted molar refractivity (Wildman–Crippen MR) is 63.7 cm³/mol. The minimum atomic E-state index is 0.475. The van der Waals surface area contributed by atoms with E-state index in [2.05, 4.69) is 15.0 Å². The number of aryl methyl sites for hydroxylation is 1. The molecule has 2 heterocycles. The largest absolute Gasteiger partial charge is 0.326 e. The fourth-order valence-corrected chi connectivity index (χ4v) is 2.22. The molecular weight excluding hydrogens is 214 g/mol. The average Bonchev–Trinajstić information content (AvgIpc) is 2.83. The van der Waals surface area contributed by atoms with Gasteiger partial charge in [-0.25, -0.2) is 15.0 Å². The molecule has 0 saturated heterocycles. The second-order valence-corrected chi connectivity index (χ2v) is 4.31. The summed E-state index contributed by atoms with van der Waals surface area (Å²) in [7, 11) is 0. The van der Waals surface area contributed by atoms with Crippen molar-refractivity contribution in [1.82, 2.24) is 19.5 Å². The van der Waals surface area contributed by atoms with Crippen LogP contribution in [0.1, 0.15) is 29.8 Å². The lowest BCUT2D eigenvalue weighted by molar-refractivity contribution is 0.651. The average molecular weight is 229 g/mol. The Balaban J connectivity index is 2.00. The Kier molecular flexibility index (Phi) is 2.60. The van der Waals surface area contributed by atoms with Gasteiger partial charge < -0.3 is 5.73 Å². The Morgan fingerprint density at radius 2 is 1.88 bits per heavy atom. The van der Waals surface area contributed by atoms with Crippen LogP contribution in [0.4, 0.5) is 0 Å². The zero-order valence-electron chi connectivity index (χ0n) is 9.63. The van der Waals surface area contributed by atoms with E-state index in [1.807, 2.05) is 10.9 Å². The molecule has 17 heavy (non-hydrogen) atoms. The van der Waals surface area contributed by atoms with E-state index in [0.717, 1.165) is 18.4 Å². The summed E-state index contributed by atoms with van der Waals surface area (Å²) < 4.78 is 1.99. The second-order valence-electron chi connectivity index (χ2n) is 4.31. The molecule has 0 saturated carbocycles. The van der Waals surface area contributed by atoms with Gasteiger partial charge in [-0.1, -0.05) is 0 Å². The second kappa shape index (κ2) is 4.25. The van der Waals surface area contributed by atoms with Crippen LogP contribution in [0.5, 0.6) is 0 Å². The van der Waals surface area contributed by atoms with Crippen molar-refractivity contribution >= 4 is 0 Å². The van der Waals surface area contributed by atoms with E-state index < -0.39 is 0 Å². The van der Waals surface area contributed by atoms with Gasteiger partial charge in [0.25, 0.3) is 0 Å². The smallest absolute Gasteiger partial charge is 0.235 e. The number of nitrogens with two attached hydrogens (primary N) is 1. The topological polar surface area (TPSA) is 69.6 Å². The highest BCUT2D eigenvalue weighted by Crippen LogP contribution is 2.21. The number of hydrogen-bond donors (Lipinski definition) is 1. The summed E-state index contributed by atoms with van der Waals surface area (Å²) in [4.78, 5) is 13.1. The van der Waals surface area contributed by atoms with Gasteiger partial charge in [0.1, 0.15) is 6.33 Å². The Morgan fingerprint density at radius 1 is 1.12 bits per heavy atom. The first-order valence-corrected chi connectivity index (χ1v) is 5.95. The zero-order valence-corrected chi connectivity index (χ0v) is 9.63. The molecule has 5 nitrogen and oxygen atoms in total. The Morgan fingerprint density at radius 3 is 2.65 bits per heavy atom. The molecule has 2 aromatic rings. The maximum atomic E-state index is 5.53. The van der Waals surface area contributed by atoms with E-state index in [-0.39, 0.29) is 0 Å². The number of hydrogen-bond acceptors (Lipinski definition) is 4. The fraction of sp³-hybridized carbons (Fsp3) is 0.417. The molecule has 2 N–H and O–H groups in total. The van der Waals surface area contributed by atoms with Crippen molar-refractivity contribution in [1.29, 1.82) is 0 Å². The van der Waals surface area contributed by atoms with E-state index >= 15 is 0 Å². The summed E-state index contributed by atoms with van der Waals surface area (Å²) >= 11 is 0. The van der Waals surface area contributed by atoms with Crippen molar-refractivity contribution in [3.63, 3.8) is 0 Å². The van der Waals surface area contributed by atoms with E-state index in [0.29, 0.717) is 12.5 Å². The van der Waals surface area contributed by atoms with Gasteiger partial charge in [0.15, 0.2) is 0 Å². The summed E-state index contributed by atoms with van der Waals surface area (Å²) in [6, 6.07) is 0. The van der Waals surface area contributed by atoms with Gasteiger partial charge in [0.2, 0.25) is 5.95 Å². The number of aromatic nitrogens is 4. The van der Waals surface area contributed by atoms with Crippen molar-refractivity contribution in [2.24, 2.45) is 5.73 Å². The van der Waals surface area contributed by atoms with Gasteiger partial charge in [0, 0.05) is 30.2 Å². The van der Waals surface area contributed by atoms with Gasteiger partial charge in [0.05, 0.1) is 5.69 Å². The predicted octanol–water partition coefficient (Wildman–Crippen LogP) is 1.000. The van der Waals surface area contributed by atoms with E-state index in [9.17, 15) is 0 Å². The lowest BCUT2D eigenvalue weighted by Crippen LogP contribution is -2.09. The zero-order chi connectivity index (χ0) is 11.7. The molecule has 1 aliphatic carbocycles. The van der Waals surface area contributed by atoms with Crippen molar-refractivity contribution in [3.8, 4) is 5.95 Å². The number of imidazole rings is 1. The molecular formula is C12H15N5. The molecule has 0 atom stereocenters. The molecule has 0 aromatic carbocycles. The SMILES string of the molecule is NCc1cnc(-n2cnc3c2CCCC3)nc1. The highest BCUT2D eigenvalue weighted by molar-refractivity contribution is 5.25. The maximum absolute atomic E-state index is 5.53. The van der Waals surface area contributed by atoms with Crippen LogP contribution in [-0.2, 0) is 19.4 Å². The molecule has 0 spiro atoms. The van der Waals surface area contributed by atoms with Crippen LogP contribution in [0.3, 0.4) is 0 Å². The molecule has 3 rings (SSSR count). The molecule has 0 fully saturated rings. The number of rotatable bonds is 2. The summed E-state index contributed by atoms with van der Waals surface area (Å²) in [6.45, 7) is 0.475. The monoisotopic (exact) mass is 229 g/mol. The first-order chi connectivity index (χ1) is 8.38. The van der Waals surface area contributed by atoms with Gasteiger partial charge in [-0.2, -0.15) is 0 Å². The quantitative estimate of drug-likeness (QED) is 0.834. The van der Waals surface area contributed by atoms with Crippen LogP contribution < -0.4 is 5.73 Å².